The Morgan fingerprint density at radius 2 is 2.10 bits per heavy atom. The summed E-state index contributed by atoms with van der Waals surface area (Å²) in [5.41, 5.74) is 4.00. The number of ketones is 1. The molecule has 21 heavy (non-hydrogen) atoms. The number of rotatable bonds is 5. The molecule has 7 heteroatoms. The SMILES string of the molecule is CCCC(=O)c1cnn(C2CCN(NC(=O)O)CC2)c1C. The van der Waals surface area contributed by atoms with Crippen LogP contribution >= 0.6 is 0 Å². The van der Waals surface area contributed by atoms with E-state index < -0.39 is 6.09 Å². The second kappa shape index (κ2) is 6.71. The van der Waals surface area contributed by atoms with Gasteiger partial charge in [-0.25, -0.2) is 9.80 Å². The summed E-state index contributed by atoms with van der Waals surface area (Å²) >= 11 is 0. The molecule has 1 saturated heterocycles. The van der Waals surface area contributed by atoms with Crippen LogP contribution in [0.1, 0.15) is 54.7 Å². The monoisotopic (exact) mass is 294 g/mol. The van der Waals surface area contributed by atoms with E-state index in [1.165, 1.54) is 0 Å². The fraction of sp³-hybridized carbons (Fsp3) is 0.643. The van der Waals surface area contributed by atoms with Crippen LogP contribution in [0.15, 0.2) is 6.20 Å². The maximum absolute atomic E-state index is 12.0. The molecule has 116 valence electrons. The summed E-state index contributed by atoms with van der Waals surface area (Å²) < 4.78 is 1.92. The molecule has 1 aliphatic rings. The summed E-state index contributed by atoms with van der Waals surface area (Å²) in [5, 5.41) is 14.8. The van der Waals surface area contributed by atoms with E-state index in [2.05, 4.69) is 10.5 Å². The highest BCUT2D eigenvalue weighted by Gasteiger charge is 2.24. The molecule has 0 atom stereocenters. The third-order valence-electron chi connectivity index (χ3n) is 3.89. The molecule has 0 saturated carbocycles. The number of Topliss-reactive ketones (excluding diaryl/α,β-unsaturated/α-hetero) is 1. The van der Waals surface area contributed by atoms with Crippen molar-refractivity contribution in [2.75, 3.05) is 13.1 Å². The van der Waals surface area contributed by atoms with Gasteiger partial charge in [-0.3, -0.25) is 14.9 Å². The summed E-state index contributed by atoms with van der Waals surface area (Å²) in [4.78, 5) is 22.6. The first-order valence-corrected chi connectivity index (χ1v) is 7.34. The van der Waals surface area contributed by atoms with Crippen LogP contribution in [0.4, 0.5) is 4.79 Å². The van der Waals surface area contributed by atoms with E-state index in [9.17, 15) is 9.59 Å². The number of nitrogens with zero attached hydrogens (tertiary/aromatic N) is 3. The van der Waals surface area contributed by atoms with Crippen LogP contribution in [0.3, 0.4) is 0 Å². The average molecular weight is 294 g/mol. The molecular weight excluding hydrogens is 272 g/mol. The van der Waals surface area contributed by atoms with E-state index in [4.69, 9.17) is 5.11 Å². The van der Waals surface area contributed by atoms with Crippen LogP contribution < -0.4 is 5.43 Å². The fourth-order valence-corrected chi connectivity index (χ4v) is 2.78. The molecule has 0 radical (unpaired) electrons. The lowest BCUT2D eigenvalue weighted by Gasteiger charge is -2.31. The van der Waals surface area contributed by atoms with E-state index in [1.54, 1.807) is 11.2 Å². The van der Waals surface area contributed by atoms with Crippen molar-refractivity contribution < 1.29 is 14.7 Å². The van der Waals surface area contributed by atoms with Gasteiger partial charge in [0.05, 0.1) is 17.8 Å². The number of aromatic nitrogens is 2. The number of carboxylic acid groups (broad SMARTS) is 1. The number of piperidine rings is 1. The average Bonchev–Trinajstić information content (AvgIpc) is 2.81. The van der Waals surface area contributed by atoms with Gasteiger partial charge in [0, 0.05) is 25.2 Å². The fourth-order valence-electron chi connectivity index (χ4n) is 2.78. The Morgan fingerprint density at radius 1 is 1.43 bits per heavy atom. The Morgan fingerprint density at radius 3 is 2.67 bits per heavy atom. The Balaban J connectivity index is 2.01. The minimum Gasteiger partial charge on any atom is -0.464 e. The first-order valence-electron chi connectivity index (χ1n) is 7.34. The number of amides is 1. The molecule has 0 bridgehead atoms. The molecule has 1 aromatic heterocycles. The standard InChI is InChI=1S/C14H22N4O3/c1-3-4-13(19)12-9-15-18(10(12)2)11-5-7-17(8-6-11)16-14(20)21/h9,11,16H,3-8H2,1-2H3,(H,20,21). The molecule has 0 unspecified atom stereocenters. The normalized spacial score (nSPS) is 16.9. The predicted molar refractivity (Wildman–Crippen MR) is 77.2 cm³/mol. The zero-order chi connectivity index (χ0) is 15.4. The molecule has 1 fully saturated rings. The van der Waals surface area contributed by atoms with Crippen molar-refractivity contribution in [3.8, 4) is 0 Å². The van der Waals surface area contributed by atoms with Gasteiger partial charge in [0.1, 0.15) is 0 Å². The van der Waals surface area contributed by atoms with Gasteiger partial charge in [-0.05, 0) is 26.2 Å². The van der Waals surface area contributed by atoms with E-state index in [0.29, 0.717) is 25.1 Å². The van der Waals surface area contributed by atoms with Crippen molar-refractivity contribution in [3.05, 3.63) is 17.5 Å². The predicted octanol–water partition coefficient (Wildman–Crippen LogP) is 1.99. The van der Waals surface area contributed by atoms with Gasteiger partial charge in [0.15, 0.2) is 5.78 Å². The van der Waals surface area contributed by atoms with Crippen LogP contribution in [0, 0.1) is 6.92 Å². The van der Waals surface area contributed by atoms with E-state index >= 15 is 0 Å². The van der Waals surface area contributed by atoms with Crippen molar-refractivity contribution in [2.45, 2.75) is 45.6 Å². The van der Waals surface area contributed by atoms with Crippen LogP contribution in [-0.4, -0.2) is 44.9 Å². The maximum Gasteiger partial charge on any atom is 0.419 e. The van der Waals surface area contributed by atoms with Crippen molar-refractivity contribution in [1.82, 2.24) is 20.2 Å². The molecule has 7 nitrogen and oxygen atoms in total. The first-order chi connectivity index (χ1) is 10.0. The maximum atomic E-state index is 12.0. The Hall–Kier alpha value is -1.89. The topological polar surface area (TPSA) is 87.5 Å². The first kappa shape index (κ1) is 15.5. The zero-order valence-electron chi connectivity index (χ0n) is 12.5. The second-order valence-electron chi connectivity index (χ2n) is 5.40. The van der Waals surface area contributed by atoms with Crippen LogP contribution in [-0.2, 0) is 0 Å². The van der Waals surface area contributed by atoms with E-state index in [1.807, 2.05) is 18.5 Å². The zero-order valence-corrected chi connectivity index (χ0v) is 12.5. The molecule has 2 heterocycles. The highest BCUT2D eigenvalue weighted by Crippen LogP contribution is 2.24. The van der Waals surface area contributed by atoms with Crippen molar-refractivity contribution in [2.24, 2.45) is 0 Å². The summed E-state index contributed by atoms with van der Waals surface area (Å²) in [5.74, 6) is 0.145. The highest BCUT2D eigenvalue weighted by atomic mass is 16.4. The molecule has 1 aromatic rings. The van der Waals surface area contributed by atoms with Crippen LogP contribution in [0.2, 0.25) is 0 Å². The van der Waals surface area contributed by atoms with Crippen LogP contribution in [0.5, 0.6) is 0 Å². The number of carbonyl (C=O) groups excluding carboxylic acids is 1. The molecule has 0 aromatic carbocycles. The molecule has 0 aliphatic carbocycles. The molecular formula is C14H22N4O3. The highest BCUT2D eigenvalue weighted by molar-refractivity contribution is 5.96. The van der Waals surface area contributed by atoms with Crippen molar-refractivity contribution in [3.63, 3.8) is 0 Å². The lowest BCUT2D eigenvalue weighted by Crippen LogP contribution is -2.46. The second-order valence-corrected chi connectivity index (χ2v) is 5.40. The van der Waals surface area contributed by atoms with Gasteiger partial charge in [0.25, 0.3) is 0 Å². The van der Waals surface area contributed by atoms with Crippen LogP contribution in [0.25, 0.3) is 0 Å². The minimum absolute atomic E-state index is 0.145. The number of hydrogen-bond acceptors (Lipinski definition) is 4. The summed E-state index contributed by atoms with van der Waals surface area (Å²) in [6, 6.07) is 0.222. The largest absolute Gasteiger partial charge is 0.464 e. The third-order valence-corrected chi connectivity index (χ3v) is 3.89. The number of carbonyl (C=O) groups is 2. The lowest BCUT2D eigenvalue weighted by molar-refractivity contribution is 0.0977. The number of nitrogens with one attached hydrogen (secondary N) is 1. The van der Waals surface area contributed by atoms with E-state index in [-0.39, 0.29) is 11.8 Å². The third kappa shape index (κ3) is 3.60. The number of hydrogen-bond donors (Lipinski definition) is 2. The molecule has 0 spiro atoms. The van der Waals surface area contributed by atoms with Crippen molar-refractivity contribution >= 4 is 11.9 Å². The molecule has 2 rings (SSSR count). The summed E-state index contributed by atoms with van der Waals surface area (Å²) in [6.07, 6.45) is 3.64. The smallest absolute Gasteiger partial charge is 0.419 e. The van der Waals surface area contributed by atoms with Gasteiger partial charge in [-0.1, -0.05) is 6.92 Å². The molecule has 1 aliphatic heterocycles. The minimum atomic E-state index is -1.03. The van der Waals surface area contributed by atoms with Gasteiger partial charge in [-0.15, -0.1) is 0 Å². The Kier molecular flexibility index (Phi) is 4.95. The summed E-state index contributed by atoms with van der Waals surface area (Å²) in [7, 11) is 0. The lowest BCUT2D eigenvalue weighted by atomic mass is 10.0. The Bertz CT molecular complexity index is 518. The number of hydrazine groups is 1. The van der Waals surface area contributed by atoms with Crippen molar-refractivity contribution in [1.29, 1.82) is 0 Å². The quantitative estimate of drug-likeness (QED) is 0.811. The summed E-state index contributed by atoms with van der Waals surface area (Å²) in [6.45, 7) is 5.21. The van der Waals surface area contributed by atoms with Gasteiger partial charge in [-0.2, -0.15) is 5.10 Å². The molecule has 1 amide bonds. The Labute approximate surface area is 123 Å². The van der Waals surface area contributed by atoms with Gasteiger partial charge < -0.3 is 5.11 Å². The van der Waals surface area contributed by atoms with Gasteiger partial charge in [0.2, 0.25) is 0 Å². The van der Waals surface area contributed by atoms with Gasteiger partial charge >= 0.3 is 6.09 Å². The van der Waals surface area contributed by atoms with E-state index in [0.717, 1.165) is 25.0 Å². The molecule has 2 N–H and O–H groups in total.